The number of benzene rings is 1. The number of aryl methyl sites for hydroxylation is 1. The number of hydrogen-bond acceptors (Lipinski definition) is 1. The molecule has 1 aromatic carbocycles. The number of aromatic nitrogens is 2. The summed E-state index contributed by atoms with van der Waals surface area (Å²) in [6.45, 7) is 2.09. The van der Waals surface area contributed by atoms with Crippen molar-refractivity contribution in [1.29, 1.82) is 0 Å². The molecule has 78 valence electrons. The lowest BCUT2D eigenvalue weighted by Crippen LogP contribution is -1.94. The molecule has 0 aliphatic heterocycles. The molecule has 0 atom stereocenters. The van der Waals surface area contributed by atoms with E-state index >= 15 is 0 Å². The molecule has 2 nitrogen and oxygen atoms in total. The van der Waals surface area contributed by atoms with E-state index in [2.05, 4.69) is 55.9 Å². The van der Waals surface area contributed by atoms with Crippen molar-refractivity contribution in [3.63, 3.8) is 0 Å². The minimum absolute atomic E-state index is 0.836. The van der Waals surface area contributed by atoms with E-state index in [-0.39, 0.29) is 0 Å². The lowest BCUT2D eigenvalue weighted by atomic mass is 10.1. The standard InChI is InChI=1S/C11H10Br2N2/c1-7-5-3-4-6-8(7)11-14-9(12)10(13)15(11)2/h3-6H,1-2H3. The van der Waals surface area contributed by atoms with Crippen LogP contribution >= 0.6 is 31.9 Å². The van der Waals surface area contributed by atoms with E-state index in [4.69, 9.17) is 0 Å². The van der Waals surface area contributed by atoms with Gasteiger partial charge in [-0.25, -0.2) is 4.98 Å². The number of nitrogens with zero attached hydrogens (tertiary/aromatic N) is 2. The van der Waals surface area contributed by atoms with Crippen LogP contribution in [0.25, 0.3) is 11.4 Å². The van der Waals surface area contributed by atoms with E-state index in [0.29, 0.717) is 0 Å². The van der Waals surface area contributed by atoms with Crippen LogP contribution in [0.3, 0.4) is 0 Å². The highest BCUT2D eigenvalue weighted by atomic mass is 79.9. The smallest absolute Gasteiger partial charge is 0.142 e. The molecule has 0 fully saturated rings. The predicted molar refractivity (Wildman–Crippen MR) is 68.8 cm³/mol. The molecule has 0 N–H and O–H groups in total. The van der Waals surface area contributed by atoms with E-state index < -0.39 is 0 Å². The van der Waals surface area contributed by atoms with Gasteiger partial charge < -0.3 is 4.57 Å². The molecule has 0 saturated heterocycles. The summed E-state index contributed by atoms with van der Waals surface area (Å²) < 4.78 is 3.82. The zero-order valence-electron chi connectivity index (χ0n) is 8.46. The van der Waals surface area contributed by atoms with E-state index in [1.54, 1.807) is 0 Å². The van der Waals surface area contributed by atoms with Crippen LogP contribution in [-0.2, 0) is 7.05 Å². The highest BCUT2D eigenvalue weighted by Crippen LogP contribution is 2.29. The van der Waals surface area contributed by atoms with Crippen LogP contribution < -0.4 is 0 Å². The van der Waals surface area contributed by atoms with Gasteiger partial charge in [-0.2, -0.15) is 0 Å². The Morgan fingerprint density at radius 3 is 2.40 bits per heavy atom. The fraction of sp³-hybridized carbons (Fsp3) is 0.182. The molecular weight excluding hydrogens is 320 g/mol. The molecule has 15 heavy (non-hydrogen) atoms. The monoisotopic (exact) mass is 328 g/mol. The zero-order chi connectivity index (χ0) is 11.0. The molecule has 2 aromatic rings. The second-order valence-electron chi connectivity index (χ2n) is 3.39. The Kier molecular flexibility index (Phi) is 2.98. The third-order valence-electron chi connectivity index (χ3n) is 2.37. The number of hydrogen-bond donors (Lipinski definition) is 0. The Balaban J connectivity index is 2.65. The van der Waals surface area contributed by atoms with Gasteiger partial charge in [0.05, 0.1) is 0 Å². The quantitative estimate of drug-likeness (QED) is 0.775. The fourth-order valence-corrected chi connectivity index (χ4v) is 2.20. The van der Waals surface area contributed by atoms with Gasteiger partial charge in [-0.15, -0.1) is 0 Å². The van der Waals surface area contributed by atoms with Gasteiger partial charge in [0.2, 0.25) is 0 Å². The molecule has 1 aromatic heterocycles. The lowest BCUT2D eigenvalue weighted by Gasteiger charge is -2.05. The molecule has 2 rings (SSSR count). The summed E-state index contributed by atoms with van der Waals surface area (Å²) in [6.07, 6.45) is 0. The molecule has 4 heteroatoms. The van der Waals surface area contributed by atoms with Crippen LogP contribution in [0, 0.1) is 6.92 Å². The lowest BCUT2D eigenvalue weighted by molar-refractivity contribution is 0.899. The minimum Gasteiger partial charge on any atom is -0.321 e. The van der Waals surface area contributed by atoms with Crippen LogP contribution in [-0.4, -0.2) is 9.55 Å². The summed E-state index contributed by atoms with van der Waals surface area (Å²) in [6, 6.07) is 8.23. The summed E-state index contributed by atoms with van der Waals surface area (Å²) >= 11 is 6.89. The van der Waals surface area contributed by atoms with Gasteiger partial charge in [0.15, 0.2) is 0 Å². The molecule has 0 amide bonds. The van der Waals surface area contributed by atoms with Crippen LogP contribution in [0.2, 0.25) is 0 Å². The molecule has 0 bridgehead atoms. The molecule has 0 spiro atoms. The Bertz CT molecular complexity index is 503. The third-order valence-corrected chi connectivity index (χ3v) is 4.36. The summed E-state index contributed by atoms with van der Waals surface area (Å²) in [5.74, 6) is 0.965. The van der Waals surface area contributed by atoms with Crippen molar-refractivity contribution < 1.29 is 0 Å². The molecule has 0 aliphatic rings. The minimum atomic E-state index is 0.836. The largest absolute Gasteiger partial charge is 0.321 e. The molecule has 1 heterocycles. The van der Waals surface area contributed by atoms with Crippen LogP contribution in [0.4, 0.5) is 0 Å². The first-order chi connectivity index (χ1) is 7.11. The van der Waals surface area contributed by atoms with Gasteiger partial charge in [-0.1, -0.05) is 24.3 Å². The average Bonchev–Trinajstić information content (AvgIpc) is 2.47. The van der Waals surface area contributed by atoms with Gasteiger partial charge >= 0.3 is 0 Å². The van der Waals surface area contributed by atoms with Crippen molar-refractivity contribution in [2.45, 2.75) is 6.92 Å². The number of halogens is 2. The normalized spacial score (nSPS) is 10.7. The van der Waals surface area contributed by atoms with Gasteiger partial charge in [0.25, 0.3) is 0 Å². The zero-order valence-corrected chi connectivity index (χ0v) is 11.6. The Labute approximate surface area is 106 Å². The third kappa shape index (κ3) is 1.88. The van der Waals surface area contributed by atoms with Crippen LogP contribution in [0.1, 0.15) is 5.56 Å². The highest BCUT2D eigenvalue weighted by molar-refractivity contribution is 9.13. The predicted octanol–water partition coefficient (Wildman–Crippen LogP) is 3.92. The van der Waals surface area contributed by atoms with Crippen molar-refractivity contribution in [3.05, 3.63) is 39.0 Å². The van der Waals surface area contributed by atoms with E-state index in [9.17, 15) is 0 Å². The number of imidazole rings is 1. The second-order valence-corrected chi connectivity index (χ2v) is 4.89. The Morgan fingerprint density at radius 2 is 1.87 bits per heavy atom. The van der Waals surface area contributed by atoms with Gasteiger partial charge in [0.1, 0.15) is 15.0 Å². The van der Waals surface area contributed by atoms with E-state index in [1.165, 1.54) is 5.56 Å². The van der Waals surface area contributed by atoms with Crippen molar-refractivity contribution in [2.75, 3.05) is 0 Å². The molecular formula is C11H10Br2N2. The maximum Gasteiger partial charge on any atom is 0.142 e. The fourth-order valence-electron chi connectivity index (χ4n) is 1.51. The SMILES string of the molecule is Cc1ccccc1-c1nc(Br)c(Br)n1C. The van der Waals surface area contributed by atoms with Crippen molar-refractivity contribution in [1.82, 2.24) is 9.55 Å². The van der Waals surface area contributed by atoms with Crippen LogP contribution in [0.5, 0.6) is 0 Å². The first kappa shape index (κ1) is 10.9. The van der Waals surface area contributed by atoms with Gasteiger partial charge in [-0.3, -0.25) is 0 Å². The van der Waals surface area contributed by atoms with Crippen molar-refractivity contribution in [2.24, 2.45) is 7.05 Å². The van der Waals surface area contributed by atoms with Crippen molar-refractivity contribution in [3.8, 4) is 11.4 Å². The second kappa shape index (κ2) is 4.10. The Morgan fingerprint density at radius 1 is 1.20 bits per heavy atom. The molecule has 0 unspecified atom stereocenters. The molecule has 0 saturated carbocycles. The van der Waals surface area contributed by atoms with E-state index in [1.807, 2.05) is 23.7 Å². The molecule has 0 radical (unpaired) electrons. The maximum absolute atomic E-state index is 4.47. The van der Waals surface area contributed by atoms with Crippen LogP contribution in [0.15, 0.2) is 33.5 Å². The summed E-state index contributed by atoms with van der Waals surface area (Å²) in [7, 11) is 1.99. The maximum atomic E-state index is 4.47. The highest BCUT2D eigenvalue weighted by Gasteiger charge is 2.12. The summed E-state index contributed by atoms with van der Waals surface area (Å²) in [4.78, 5) is 4.47. The Hall–Kier alpha value is -0.610. The van der Waals surface area contributed by atoms with Gasteiger partial charge in [0, 0.05) is 12.6 Å². The topological polar surface area (TPSA) is 17.8 Å². The number of rotatable bonds is 1. The summed E-state index contributed by atoms with van der Waals surface area (Å²) in [5, 5.41) is 0. The van der Waals surface area contributed by atoms with E-state index in [0.717, 1.165) is 20.6 Å². The van der Waals surface area contributed by atoms with Gasteiger partial charge in [-0.05, 0) is 44.3 Å². The average molecular weight is 330 g/mol. The van der Waals surface area contributed by atoms with Crippen molar-refractivity contribution >= 4 is 31.9 Å². The first-order valence-corrected chi connectivity index (χ1v) is 6.13. The first-order valence-electron chi connectivity index (χ1n) is 4.55. The molecule has 0 aliphatic carbocycles. The summed E-state index contributed by atoms with van der Waals surface area (Å²) in [5.41, 5.74) is 2.39.